The lowest BCUT2D eigenvalue weighted by Gasteiger charge is -2.25. The molecule has 0 aliphatic carbocycles. The Morgan fingerprint density at radius 2 is 2.00 bits per heavy atom. The van der Waals surface area contributed by atoms with Gasteiger partial charge in [-0.15, -0.1) is 0 Å². The molecule has 1 aromatic heterocycles. The molecule has 98 valence electrons. The van der Waals surface area contributed by atoms with Gasteiger partial charge in [0.25, 0.3) is 5.91 Å². The van der Waals surface area contributed by atoms with Crippen molar-refractivity contribution in [2.45, 2.75) is 33.7 Å². The maximum absolute atomic E-state index is 12.2. The van der Waals surface area contributed by atoms with Gasteiger partial charge in [-0.2, -0.15) is 0 Å². The number of carbonyl (C=O) groups is 2. The number of carboxylic acid groups (broad SMARTS) is 1. The standard InChI is InChI=1S/C12H17N3O3/c1-7(2)15(6-11(16)17)12(18)10-5-13-9(4)14-8(10)3/h5,7H,6H2,1-4H3,(H,16,17). The van der Waals surface area contributed by atoms with E-state index in [4.69, 9.17) is 5.11 Å². The number of amides is 1. The fourth-order valence-electron chi connectivity index (χ4n) is 1.58. The lowest BCUT2D eigenvalue weighted by molar-refractivity contribution is -0.138. The molecule has 18 heavy (non-hydrogen) atoms. The Kier molecular flexibility index (Phi) is 4.36. The van der Waals surface area contributed by atoms with Crippen LogP contribution in [0.3, 0.4) is 0 Å². The van der Waals surface area contributed by atoms with Crippen molar-refractivity contribution in [2.75, 3.05) is 6.54 Å². The summed E-state index contributed by atoms with van der Waals surface area (Å²) in [5.41, 5.74) is 0.902. The Labute approximate surface area is 106 Å². The number of aromatic nitrogens is 2. The topological polar surface area (TPSA) is 83.4 Å². The van der Waals surface area contributed by atoms with Gasteiger partial charge in [-0.25, -0.2) is 9.97 Å². The van der Waals surface area contributed by atoms with Crippen LogP contribution in [-0.4, -0.2) is 44.4 Å². The molecule has 0 radical (unpaired) electrons. The quantitative estimate of drug-likeness (QED) is 0.864. The van der Waals surface area contributed by atoms with E-state index < -0.39 is 5.97 Å². The summed E-state index contributed by atoms with van der Waals surface area (Å²) in [5, 5.41) is 8.82. The first-order valence-corrected chi connectivity index (χ1v) is 5.66. The molecule has 6 heteroatoms. The molecule has 0 fully saturated rings. The summed E-state index contributed by atoms with van der Waals surface area (Å²) >= 11 is 0. The average Bonchev–Trinajstić information content (AvgIpc) is 2.24. The van der Waals surface area contributed by atoms with Crippen molar-refractivity contribution in [1.29, 1.82) is 0 Å². The first-order chi connectivity index (χ1) is 8.32. The Bertz CT molecular complexity index is 472. The molecule has 1 N–H and O–H groups in total. The lowest BCUT2D eigenvalue weighted by Crippen LogP contribution is -2.41. The molecule has 1 heterocycles. The zero-order chi connectivity index (χ0) is 13.9. The maximum atomic E-state index is 12.2. The molecule has 1 amide bonds. The third-order valence-electron chi connectivity index (χ3n) is 2.52. The second-order valence-electron chi connectivity index (χ2n) is 4.34. The monoisotopic (exact) mass is 251 g/mol. The summed E-state index contributed by atoms with van der Waals surface area (Å²) in [4.78, 5) is 32.4. The number of carboxylic acids is 1. The van der Waals surface area contributed by atoms with Crippen LogP contribution in [0.5, 0.6) is 0 Å². The second kappa shape index (κ2) is 5.57. The van der Waals surface area contributed by atoms with Crippen LogP contribution in [0.1, 0.15) is 35.7 Å². The van der Waals surface area contributed by atoms with Crippen molar-refractivity contribution in [3.8, 4) is 0 Å². The zero-order valence-electron chi connectivity index (χ0n) is 11.0. The number of carbonyl (C=O) groups excluding carboxylic acids is 1. The molecule has 6 nitrogen and oxygen atoms in total. The van der Waals surface area contributed by atoms with Crippen LogP contribution in [0.4, 0.5) is 0 Å². The van der Waals surface area contributed by atoms with Crippen molar-refractivity contribution in [2.24, 2.45) is 0 Å². The highest BCUT2D eigenvalue weighted by molar-refractivity contribution is 5.96. The Balaban J connectivity index is 3.05. The van der Waals surface area contributed by atoms with E-state index in [0.29, 0.717) is 17.1 Å². The van der Waals surface area contributed by atoms with E-state index in [1.165, 1.54) is 11.1 Å². The van der Waals surface area contributed by atoms with Gasteiger partial charge < -0.3 is 10.0 Å². The van der Waals surface area contributed by atoms with Crippen LogP contribution >= 0.6 is 0 Å². The second-order valence-corrected chi connectivity index (χ2v) is 4.34. The lowest BCUT2D eigenvalue weighted by atomic mass is 10.2. The minimum atomic E-state index is -1.04. The molecular formula is C12H17N3O3. The maximum Gasteiger partial charge on any atom is 0.323 e. The summed E-state index contributed by atoms with van der Waals surface area (Å²) in [7, 11) is 0. The minimum Gasteiger partial charge on any atom is -0.480 e. The molecule has 1 rings (SSSR count). The number of aliphatic carboxylic acids is 1. The molecule has 0 atom stereocenters. The van der Waals surface area contributed by atoms with Gasteiger partial charge in [-0.1, -0.05) is 0 Å². The van der Waals surface area contributed by atoms with E-state index in [1.54, 1.807) is 27.7 Å². The predicted octanol–water partition coefficient (Wildman–Crippen LogP) is 1.03. The molecule has 0 spiro atoms. The van der Waals surface area contributed by atoms with Crippen molar-refractivity contribution in [1.82, 2.24) is 14.9 Å². The third kappa shape index (κ3) is 3.26. The number of hydrogen-bond donors (Lipinski definition) is 1. The highest BCUT2D eigenvalue weighted by atomic mass is 16.4. The van der Waals surface area contributed by atoms with Gasteiger partial charge in [0.1, 0.15) is 12.4 Å². The molecule has 0 saturated heterocycles. The first-order valence-electron chi connectivity index (χ1n) is 5.66. The number of hydrogen-bond acceptors (Lipinski definition) is 4. The molecule has 0 bridgehead atoms. The van der Waals surface area contributed by atoms with Gasteiger partial charge in [-0.3, -0.25) is 9.59 Å². The Morgan fingerprint density at radius 1 is 1.39 bits per heavy atom. The van der Waals surface area contributed by atoms with Crippen LogP contribution < -0.4 is 0 Å². The SMILES string of the molecule is Cc1ncc(C(=O)N(CC(=O)O)C(C)C)c(C)n1. The van der Waals surface area contributed by atoms with E-state index in [-0.39, 0.29) is 18.5 Å². The number of rotatable bonds is 4. The fraction of sp³-hybridized carbons (Fsp3) is 0.500. The number of aryl methyl sites for hydroxylation is 2. The van der Waals surface area contributed by atoms with Crippen LogP contribution in [-0.2, 0) is 4.79 Å². The summed E-state index contributed by atoms with van der Waals surface area (Å²) < 4.78 is 0. The van der Waals surface area contributed by atoms with Crippen molar-refractivity contribution >= 4 is 11.9 Å². The molecule has 0 saturated carbocycles. The predicted molar refractivity (Wildman–Crippen MR) is 65.3 cm³/mol. The van der Waals surface area contributed by atoms with E-state index >= 15 is 0 Å². The summed E-state index contributed by atoms with van der Waals surface area (Å²) in [5.74, 6) is -0.814. The molecule has 0 aliphatic rings. The van der Waals surface area contributed by atoms with Gasteiger partial charge in [0, 0.05) is 12.2 Å². The largest absolute Gasteiger partial charge is 0.480 e. The molecule has 1 aromatic rings. The van der Waals surface area contributed by atoms with Crippen LogP contribution in [0.15, 0.2) is 6.20 Å². The number of nitrogens with zero attached hydrogens (tertiary/aromatic N) is 3. The van der Waals surface area contributed by atoms with Gasteiger partial charge in [0.15, 0.2) is 0 Å². The molecule has 0 aliphatic heterocycles. The van der Waals surface area contributed by atoms with Crippen molar-refractivity contribution < 1.29 is 14.7 Å². The molecule has 0 unspecified atom stereocenters. The fourth-order valence-corrected chi connectivity index (χ4v) is 1.58. The van der Waals surface area contributed by atoms with E-state index in [0.717, 1.165) is 0 Å². The Morgan fingerprint density at radius 3 is 2.44 bits per heavy atom. The third-order valence-corrected chi connectivity index (χ3v) is 2.52. The summed E-state index contributed by atoms with van der Waals surface area (Å²) in [6.07, 6.45) is 1.44. The summed E-state index contributed by atoms with van der Waals surface area (Å²) in [6, 6.07) is -0.200. The normalized spacial score (nSPS) is 10.5. The summed E-state index contributed by atoms with van der Waals surface area (Å²) in [6.45, 7) is 6.65. The minimum absolute atomic E-state index is 0.200. The van der Waals surface area contributed by atoms with Crippen LogP contribution in [0.25, 0.3) is 0 Å². The Hall–Kier alpha value is -1.98. The van der Waals surface area contributed by atoms with Gasteiger partial charge in [-0.05, 0) is 27.7 Å². The first kappa shape index (κ1) is 14.1. The van der Waals surface area contributed by atoms with Gasteiger partial charge >= 0.3 is 5.97 Å². The highest BCUT2D eigenvalue weighted by Gasteiger charge is 2.23. The zero-order valence-corrected chi connectivity index (χ0v) is 11.0. The van der Waals surface area contributed by atoms with Gasteiger partial charge in [0.2, 0.25) is 0 Å². The van der Waals surface area contributed by atoms with Crippen molar-refractivity contribution in [3.63, 3.8) is 0 Å². The van der Waals surface area contributed by atoms with E-state index in [9.17, 15) is 9.59 Å². The van der Waals surface area contributed by atoms with E-state index in [1.807, 2.05) is 0 Å². The van der Waals surface area contributed by atoms with Gasteiger partial charge in [0.05, 0.1) is 11.3 Å². The molecular weight excluding hydrogens is 234 g/mol. The molecule has 0 aromatic carbocycles. The highest BCUT2D eigenvalue weighted by Crippen LogP contribution is 2.10. The van der Waals surface area contributed by atoms with Crippen LogP contribution in [0.2, 0.25) is 0 Å². The smallest absolute Gasteiger partial charge is 0.323 e. The average molecular weight is 251 g/mol. The van der Waals surface area contributed by atoms with E-state index in [2.05, 4.69) is 9.97 Å². The van der Waals surface area contributed by atoms with Crippen molar-refractivity contribution in [3.05, 3.63) is 23.3 Å². The van der Waals surface area contributed by atoms with Crippen LogP contribution in [0, 0.1) is 13.8 Å².